The normalized spacial score (nSPS) is 11.4. The minimum absolute atomic E-state index is 0.170. The Hall–Kier alpha value is -5.17. The van der Waals surface area contributed by atoms with Crippen LogP contribution in [0.1, 0.15) is 29.8 Å². The van der Waals surface area contributed by atoms with Crippen LogP contribution in [0.5, 0.6) is 0 Å². The van der Waals surface area contributed by atoms with Crippen molar-refractivity contribution in [1.82, 2.24) is 15.3 Å². The molecule has 6 aromatic rings. The molecule has 0 aliphatic heterocycles. The Balaban J connectivity index is 0.000000255. The van der Waals surface area contributed by atoms with Crippen LogP contribution in [0.25, 0.3) is 33.2 Å². The molecule has 4 nitrogen and oxygen atoms in total. The number of aryl methyl sites for hydroxylation is 1. The fraction of sp³-hybridized carbons (Fsp3) is 0.111. The molecule has 0 fully saturated rings. The number of pyridine rings is 1. The van der Waals surface area contributed by atoms with Crippen LogP contribution >= 0.6 is 0 Å². The average Bonchev–Trinajstić information content (AvgIpc) is 3.43. The van der Waals surface area contributed by atoms with E-state index < -0.39 is 17.7 Å². The molecule has 43 heavy (non-hydrogen) atoms. The lowest BCUT2D eigenvalue weighted by Crippen LogP contribution is -2.23. The van der Waals surface area contributed by atoms with Gasteiger partial charge in [-0.1, -0.05) is 67.6 Å². The second-order valence-corrected chi connectivity index (χ2v) is 10.0. The van der Waals surface area contributed by atoms with Gasteiger partial charge in [-0.05, 0) is 77.1 Å². The Morgan fingerprint density at radius 3 is 2.21 bits per heavy atom. The van der Waals surface area contributed by atoms with Crippen molar-refractivity contribution < 1.29 is 18.0 Å². The minimum Gasteiger partial charge on any atom is -0.361 e. The quantitative estimate of drug-likeness (QED) is 0.178. The molecule has 2 aromatic heterocycles. The first kappa shape index (κ1) is 29.3. The molecular weight excluding hydrogens is 547 g/mol. The summed E-state index contributed by atoms with van der Waals surface area (Å²) in [5, 5.41) is 3.77. The van der Waals surface area contributed by atoms with E-state index in [1.807, 2.05) is 72.9 Å². The van der Waals surface area contributed by atoms with E-state index in [-0.39, 0.29) is 12.2 Å². The number of H-pyrrole nitrogens is 1. The van der Waals surface area contributed by atoms with Gasteiger partial charge in [-0.15, -0.1) is 0 Å². The molecule has 1 amide bonds. The minimum atomic E-state index is -0.657. The Bertz CT molecular complexity index is 1820. The second kappa shape index (κ2) is 13.7. The molecule has 7 heteroatoms. The number of aromatic amines is 1. The van der Waals surface area contributed by atoms with Crippen molar-refractivity contribution in [3.05, 3.63) is 150 Å². The molecule has 0 aliphatic rings. The van der Waals surface area contributed by atoms with Crippen molar-refractivity contribution in [3.63, 3.8) is 0 Å². The lowest BCUT2D eigenvalue weighted by Gasteiger charge is -2.20. The average molecular weight is 578 g/mol. The molecule has 1 unspecified atom stereocenters. The highest BCUT2D eigenvalue weighted by atomic mass is 19.1. The molecule has 2 N–H and O–H groups in total. The highest BCUT2D eigenvalue weighted by Gasteiger charge is 2.20. The lowest BCUT2D eigenvalue weighted by atomic mass is 9.90. The summed E-state index contributed by atoms with van der Waals surface area (Å²) in [7, 11) is 0. The summed E-state index contributed by atoms with van der Waals surface area (Å²) in [6.07, 6.45) is 5.30. The topological polar surface area (TPSA) is 57.8 Å². The highest BCUT2D eigenvalue weighted by molar-refractivity contribution is 5.85. The summed E-state index contributed by atoms with van der Waals surface area (Å²) in [6, 6.07) is 29.3. The van der Waals surface area contributed by atoms with Gasteiger partial charge >= 0.3 is 0 Å². The van der Waals surface area contributed by atoms with Gasteiger partial charge in [0.15, 0.2) is 0 Å². The number of nitrogens with one attached hydrogen (secondary N) is 2. The third-order valence-electron chi connectivity index (χ3n) is 7.21. The Morgan fingerprint density at radius 2 is 1.49 bits per heavy atom. The molecule has 2 heterocycles. The summed E-state index contributed by atoms with van der Waals surface area (Å²) in [5.74, 6) is -1.48. The van der Waals surface area contributed by atoms with E-state index in [0.29, 0.717) is 17.7 Å². The first-order valence-electron chi connectivity index (χ1n) is 14.0. The third-order valence-corrected chi connectivity index (χ3v) is 7.21. The maximum Gasteiger partial charge on any atom is 0.207 e. The molecule has 0 bridgehead atoms. The predicted octanol–water partition coefficient (Wildman–Crippen LogP) is 8.59. The number of aromatic nitrogens is 2. The largest absolute Gasteiger partial charge is 0.361 e. The first-order valence-corrected chi connectivity index (χ1v) is 14.0. The molecule has 0 radical (unpaired) electrons. The van der Waals surface area contributed by atoms with Crippen molar-refractivity contribution >= 4 is 17.3 Å². The standard InChI is InChI=1S/C26H20F2N2O.C10H10FN/c27-20-13-18(14-21(28)16-20)15-25(30-17-31)26-24(11-6-12-29-26)23-10-5-4-9-22(23)19-7-2-1-3-8-19;1-2-7-6-12-10-4-3-8(11)5-9(7)10/h1-14,16-17,25H,15H2,(H,30,31);3-6,12H,2H2,1H3. The first-order chi connectivity index (χ1) is 21.0. The van der Waals surface area contributed by atoms with E-state index in [2.05, 4.69) is 22.2 Å². The van der Waals surface area contributed by atoms with Crippen LogP contribution in [-0.4, -0.2) is 16.4 Å². The number of carbonyl (C=O) groups excluding carboxylic acids is 1. The zero-order chi connectivity index (χ0) is 30.2. The zero-order valence-electron chi connectivity index (χ0n) is 23.5. The molecule has 0 saturated carbocycles. The molecule has 0 aliphatic carbocycles. The summed E-state index contributed by atoms with van der Waals surface area (Å²) < 4.78 is 40.2. The van der Waals surface area contributed by atoms with Crippen LogP contribution in [0.3, 0.4) is 0 Å². The molecule has 4 aromatic carbocycles. The van der Waals surface area contributed by atoms with Crippen LogP contribution in [0.4, 0.5) is 13.2 Å². The summed E-state index contributed by atoms with van der Waals surface area (Å²) in [4.78, 5) is 19.0. The van der Waals surface area contributed by atoms with E-state index in [1.54, 1.807) is 18.3 Å². The zero-order valence-corrected chi connectivity index (χ0v) is 23.5. The third kappa shape index (κ3) is 7.01. The molecular formula is C36H30F3N3O. The van der Waals surface area contributed by atoms with Crippen molar-refractivity contribution in [2.75, 3.05) is 0 Å². The fourth-order valence-electron chi connectivity index (χ4n) is 5.23. The van der Waals surface area contributed by atoms with Gasteiger partial charge in [-0.3, -0.25) is 9.78 Å². The van der Waals surface area contributed by atoms with Crippen LogP contribution < -0.4 is 5.32 Å². The molecule has 0 spiro atoms. The monoisotopic (exact) mass is 577 g/mol. The van der Waals surface area contributed by atoms with Crippen LogP contribution in [0.2, 0.25) is 0 Å². The number of rotatable bonds is 8. The van der Waals surface area contributed by atoms with Crippen LogP contribution in [0, 0.1) is 17.5 Å². The van der Waals surface area contributed by atoms with E-state index in [4.69, 9.17) is 0 Å². The van der Waals surface area contributed by atoms with E-state index in [9.17, 15) is 18.0 Å². The summed E-state index contributed by atoms with van der Waals surface area (Å²) >= 11 is 0. The Morgan fingerprint density at radius 1 is 0.791 bits per heavy atom. The van der Waals surface area contributed by atoms with Crippen LogP contribution in [-0.2, 0) is 17.6 Å². The molecule has 6 rings (SSSR count). The Kier molecular flexibility index (Phi) is 9.32. The number of hydrogen-bond acceptors (Lipinski definition) is 2. The number of hydrogen-bond donors (Lipinski definition) is 2. The summed E-state index contributed by atoms with van der Waals surface area (Å²) in [6.45, 7) is 2.06. The van der Waals surface area contributed by atoms with Crippen molar-refractivity contribution in [1.29, 1.82) is 0 Å². The van der Waals surface area contributed by atoms with Gasteiger partial charge in [-0.25, -0.2) is 13.2 Å². The number of benzene rings is 4. The van der Waals surface area contributed by atoms with E-state index in [1.165, 1.54) is 23.8 Å². The molecule has 1 atom stereocenters. The van der Waals surface area contributed by atoms with Gasteiger partial charge in [0, 0.05) is 34.9 Å². The van der Waals surface area contributed by atoms with E-state index >= 15 is 0 Å². The van der Waals surface area contributed by atoms with Crippen LogP contribution in [0.15, 0.2) is 116 Å². The fourth-order valence-corrected chi connectivity index (χ4v) is 5.23. The second-order valence-electron chi connectivity index (χ2n) is 10.0. The number of amides is 1. The SMILES string of the molecule is CCc1c[nH]c2ccc(F)cc12.O=CNC(Cc1cc(F)cc(F)c1)c1ncccc1-c1ccccc1-c1ccccc1. The molecule has 0 saturated heterocycles. The number of carbonyl (C=O) groups is 1. The van der Waals surface area contributed by atoms with Crippen molar-refractivity contribution in [2.45, 2.75) is 25.8 Å². The number of fused-ring (bicyclic) bond motifs is 1. The van der Waals surface area contributed by atoms with Gasteiger partial charge in [0.25, 0.3) is 0 Å². The summed E-state index contributed by atoms with van der Waals surface area (Å²) in [5.41, 5.74) is 7.13. The maximum absolute atomic E-state index is 13.7. The number of nitrogens with zero attached hydrogens (tertiary/aromatic N) is 1. The lowest BCUT2D eigenvalue weighted by molar-refractivity contribution is -0.110. The van der Waals surface area contributed by atoms with Gasteiger partial charge in [0.1, 0.15) is 17.5 Å². The highest BCUT2D eigenvalue weighted by Crippen LogP contribution is 2.35. The Labute approximate surface area is 248 Å². The van der Waals surface area contributed by atoms with Gasteiger partial charge in [0.2, 0.25) is 6.41 Å². The predicted molar refractivity (Wildman–Crippen MR) is 165 cm³/mol. The van der Waals surface area contributed by atoms with Gasteiger partial charge < -0.3 is 10.3 Å². The maximum atomic E-state index is 13.7. The van der Waals surface area contributed by atoms with Crippen molar-refractivity contribution in [3.8, 4) is 22.3 Å². The van der Waals surface area contributed by atoms with Gasteiger partial charge in [0.05, 0.1) is 11.7 Å². The van der Waals surface area contributed by atoms with Gasteiger partial charge in [-0.2, -0.15) is 0 Å². The molecule has 216 valence electrons. The number of halogens is 3. The van der Waals surface area contributed by atoms with E-state index in [0.717, 1.165) is 45.6 Å². The smallest absolute Gasteiger partial charge is 0.207 e. The van der Waals surface area contributed by atoms with Crippen molar-refractivity contribution in [2.24, 2.45) is 0 Å².